The van der Waals surface area contributed by atoms with Crippen molar-refractivity contribution in [2.45, 2.75) is 187 Å². The molecule has 0 rings (SSSR count). The van der Waals surface area contributed by atoms with Crippen molar-refractivity contribution >= 4 is 93.3 Å². The van der Waals surface area contributed by atoms with Gasteiger partial charge in [0.15, 0.2) is 6.10 Å². The molecule has 17 heteroatoms. The van der Waals surface area contributed by atoms with E-state index in [1.165, 1.54) is 96.3 Å². The number of carbonyl (C=O) groups is 4. The van der Waals surface area contributed by atoms with Crippen LogP contribution in [0.3, 0.4) is 0 Å². The first-order valence-electron chi connectivity index (χ1n) is 26.2. The Bertz CT molecular complexity index is 1460. The van der Waals surface area contributed by atoms with Gasteiger partial charge in [-0.1, -0.05) is 157 Å². The fourth-order valence-electron chi connectivity index (χ4n) is 7.09. The highest BCUT2D eigenvalue weighted by molar-refractivity contribution is 9.09. The summed E-state index contributed by atoms with van der Waals surface area (Å²) in [5, 5.41) is 2.78. The van der Waals surface area contributed by atoms with Gasteiger partial charge in [-0.3, -0.25) is 19.2 Å². The first-order chi connectivity index (χ1) is 31.6. The van der Waals surface area contributed by atoms with Crippen molar-refractivity contribution in [3.63, 3.8) is 0 Å². The Balaban J connectivity index is 5.35. The largest absolute Gasteiger partial charge is 0.462 e. The standard InChI is InChI=1S/C47H104N2O7P4S4/c1-12-14-16-18-20-22-24-26-28-30-32-34-46(52)55-39-43(56-47(53)35-33-31-29-27-25-23-21-19-17-15-13-2)38-48-44(50)36-37-45(51)49-64(9,10,11)60(5)63(8)42-59(4)62(7)41-58(3)61(6)40-57-54/h43,54,57,61-64H,12-42H2,1-11H3,(H,48,50)(H,49,51)/t43-,58?,59?,60?/m1/s1/i61T,62T,63T,64T. The molecule has 0 aliphatic heterocycles. The molecule has 0 aromatic heterocycles. The molecule has 0 fully saturated rings. The molecule has 388 valence electrons. The van der Waals surface area contributed by atoms with Crippen molar-refractivity contribution in [1.82, 2.24) is 10.0 Å². The van der Waals surface area contributed by atoms with Crippen LogP contribution in [0.4, 0.5) is 0 Å². The molecule has 0 saturated carbocycles. The number of ether oxygens (including phenoxy) is 2. The Morgan fingerprint density at radius 2 is 1.03 bits per heavy atom. The van der Waals surface area contributed by atoms with E-state index < -0.39 is 84.6 Å². The Morgan fingerprint density at radius 3 is 1.50 bits per heavy atom. The highest BCUT2D eigenvalue weighted by atomic mass is 33.2. The van der Waals surface area contributed by atoms with E-state index in [1.807, 2.05) is 25.4 Å². The molecular weight excluding hydrogens is 957 g/mol. The SMILES string of the molecule is [3H]S(C)(CPO)P(C)CS([3H])(C)P(C)CS([3H])(C)P(C)S([3H])(C)(C)(C)NC(=O)CCC(=O)NC[C@H](COC(=O)CCCCCCCCCCCCC)OC(=O)CCCCCCCCCCCCC. The van der Waals surface area contributed by atoms with Crippen LogP contribution in [0.2, 0.25) is 0 Å². The van der Waals surface area contributed by atoms with Crippen molar-refractivity contribution in [1.29, 1.82) is 4.50 Å². The van der Waals surface area contributed by atoms with Crippen molar-refractivity contribution in [2.75, 3.05) is 87.2 Å². The lowest BCUT2D eigenvalue weighted by Gasteiger charge is -2.60. The molecule has 0 aromatic rings. The molecular formula is C47H104N2O7P4S4. The van der Waals surface area contributed by atoms with Gasteiger partial charge in [-0.15, -0.1) is 0 Å². The van der Waals surface area contributed by atoms with Gasteiger partial charge in [0.25, 0.3) is 0 Å². The summed E-state index contributed by atoms with van der Waals surface area (Å²) >= 11 is 0. The number of thiol groups is 4. The van der Waals surface area contributed by atoms with Gasteiger partial charge in [-0.2, -0.15) is 0 Å². The third-order valence-corrected chi connectivity index (χ3v) is 52.3. The number of rotatable bonds is 43. The first-order valence-corrected chi connectivity index (χ1v) is 42.5. The minimum Gasteiger partial charge on any atom is -0.462 e. The number of esters is 2. The molecule has 0 spiro atoms. The topological polar surface area (TPSA) is 131 Å². The monoisotopic (exact) mass is 1070 g/mol. The van der Waals surface area contributed by atoms with Crippen LogP contribution in [0.1, 0.15) is 181 Å². The van der Waals surface area contributed by atoms with Crippen LogP contribution in [-0.4, -0.2) is 126 Å². The predicted octanol–water partition coefficient (Wildman–Crippen LogP) is 14.1. The van der Waals surface area contributed by atoms with E-state index in [9.17, 15) is 27.4 Å². The van der Waals surface area contributed by atoms with Crippen LogP contribution in [0.5, 0.6) is 0 Å². The molecule has 9 nitrogen and oxygen atoms in total. The second kappa shape index (κ2) is 39.7. The number of nitrogens with one attached hydrogen (secondary N) is 2. The van der Waals surface area contributed by atoms with E-state index in [2.05, 4.69) is 37.2 Å². The molecule has 8 atom stereocenters. The summed E-state index contributed by atoms with van der Waals surface area (Å²) in [6.07, 6.45) is 35.0. The smallest absolute Gasteiger partial charge is 0.306 e. The number of amides is 2. The zero-order chi connectivity index (χ0) is 52.0. The summed E-state index contributed by atoms with van der Waals surface area (Å²) in [7, 11) is -11.8. The summed E-state index contributed by atoms with van der Waals surface area (Å²) in [4.78, 5) is 62.0. The molecule has 0 radical (unpaired) electrons. The summed E-state index contributed by atoms with van der Waals surface area (Å²) < 4.78 is 52.2. The number of hydrogen-bond donors (Lipinski definition) is 7. The minimum atomic E-state index is -4.13. The third-order valence-electron chi connectivity index (χ3n) is 11.7. The molecule has 3 N–H and O–H groups in total. The Labute approximate surface area is 413 Å². The minimum absolute atomic E-state index is 0.0637. The lowest BCUT2D eigenvalue weighted by Crippen LogP contribution is -2.39. The molecule has 0 aromatic carbocycles. The molecule has 7 unspecified atom stereocenters. The van der Waals surface area contributed by atoms with Gasteiger partial charge >= 0.3 is 11.9 Å². The quantitative estimate of drug-likeness (QED) is 0.0140. The highest BCUT2D eigenvalue weighted by Gasteiger charge is 2.36. The summed E-state index contributed by atoms with van der Waals surface area (Å²) in [6.45, 7) is 10.4. The van der Waals surface area contributed by atoms with Gasteiger partial charge in [0.1, 0.15) is 6.61 Å². The first kappa shape index (κ1) is 57.5. The lowest BCUT2D eigenvalue weighted by atomic mass is 10.1. The second-order valence-corrected chi connectivity index (χ2v) is 51.6. The summed E-state index contributed by atoms with van der Waals surface area (Å²) in [6, 6.07) is 0. The molecule has 64 heavy (non-hydrogen) atoms. The third kappa shape index (κ3) is 35.1. The van der Waals surface area contributed by atoms with Crippen LogP contribution < -0.4 is 10.0 Å². The normalized spacial score (nSPS) is 20.4. The van der Waals surface area contributed by atoms with Crippen LogP contribution in [0, 0.1) is 0 Å². The summed E-state index contributed by atoms with van der Waals surface area (Å²) in [5.41, 5.74) is 1.67. The van der Waals surface area contributed by atoms with Gasteiger partial charge < -0.3 is 24.4 Å². The van der Waals surface area contributed by atoms with Crippen LogP contribution in [0.15, 0.2) is 0 Å². The Morgan fingerprint density at radius 1 is 0.625 bits per heavy atom. The fraction of sp³-hybridized carbons (Fsp3) is 0.915. The molecule has 0 heterocycles. The van der Waals surface area contributed by atoms with Gasteiger partial charge in [-0.25, -0.2) is 40.1 Å². The predicted molar refractivity (Wildman–Crippen MR) is 309 cm³/mol. The van der Waals surface area contributed by atoms with E-state index in [0.717, 1.165) is 38.5 Å². The van der Waals surface area contributed by atoms with Crippen molar-refractivity contribution in [3.05, 3.63) is 0 Å². The lowest BCUT2D eigenvalue weighted by molar-refractivity contribution is -0.159. The fourth-order valence-corrected chi connectivity index (χ4v) is 47.1. The molecule has 2 amide bonds. The maximum absolute atomic E-state index is 13.6. The molecule has 0 aliphatic carbocycles. The Hall–Kier alpha value is 0.960. The van der Waals surface area contributed by atoms with Crippen molar-refractivity contribution in [3.8, 4) is 0 Å². The van der Waals surface area contributed by atoms with Crippen LogP contribution >= 0.6 is 69.5 Å². The van der Waals surface area contributed by atoms with E-state index in [1.54, 1.807) is 18.8 Å². The van der Waals surface area contributed by atoms with Gasteiger partial charge in [0.05, 0.1) is 11.0 Å². The molecule has 0 saturated heterocycles. The number of unbranched alkanes of at least 4 members (excludes halogenated alkanes) is 20. The van der Waals surface area contributed by atoms with E-state index >= 15 is 0 Å². The van der Waals surface area contributed by atoms with E-state index in [-0.39, 0.29) is 53.6 Å². The highest BCUT2D eigenvalue weighted by Crippen LogP contribution is 2.91. The van der Waals surface area contributed by atoms with Gasteiger partial charge in [0.2, 0.25) is 11.8 Å². The van der Waals surface area contributed by atoms with Gasteiger partial charge in [0, 0.05) is 51.0 Å². The zero-order valence-corrected chi connectivity index (χ0v) is 49.8. The van der Waals surface area contributed by atoms with E-state index in [0.29, 0.717) is 22.9 Å². The van der Waals surface area contributed by atoms with Crippen LogP contribution in [0.25, 0.3) is 0 Å². The Kier molecular flexibility index (Phi) is 35.7. The van der Waals surface area contributed by atoms with Crippen molar-refractivity contribution < 1.29 is 33.5 Å². The number of hydrogen-bond acceptors (Lipinski definition) is 7. The van der Waals surface area contributed by atoms with Gasteiger partial charge in [-0.05, 0) is 76.7 Å². The average Bonchev–Trinajstić information content (AvgIpc) is 3.23. The maximum atomic E-state index is 13.6. The molecule has 0 bridgehead atoms. The second-order valence-electron chi connectivity index (χ2n) is 18.7. The van der Waals surface area contributed by atoms with Crippen LogP contribution in [-0.2, 0) is 28.7 Å². The molecule has 0 aliphatic rings. The zero-order valence-electron chi connectivity index (χ0n) is 46.9. The van der Waals surface area contributed by atoms with Crippen molar-refractivity contribution in [2.24, 2.45) is 0 Å². The maximum Gasteiger partial charge on any atom is 0.306 e. The average molecular weight is 1070 g/mol. The number of carbonyl (C=O) groups excluding carboxylic acids is 4. The van der Waals surface area contributed by atoms with E-state index in [4.69, 9.17) is 10.6 Å². The summed E-state index contributed by atoms with van der Waals surface area (Å²) in [5.74, 6) is -1.61.